The molecule has 1 aromatic carbocycles. The number of rotatable bonds is 8. The lowest BCUT2D eigenvalue weighted by atomic mass is 10.2. The number of aliphatic hydroxyl groups is 1. The largest absolute Gasteiger partial charge is 0.448 e. The van der Waals surface area contributed by atoms with Crippen LogP contribution in [-0.4, -0.2) is 55.9 Å². The Morgan fingerprint density at radius 1 is 1.31 bits per heavy atom. The molecule has 2 heterocycles. The van der Waals surface area contributed by atoms with Crippen molar-refractivity contribution in [3.05, 3.63) is 42.2 Å². The van der Waals surface area contributed by atoms with Crippen LogP contribution in [0.5, 0.6) is 0 Å². The maximum atomic E-state index is 12.7. The molecule has 3 N–H and O–H groups in total. The first kappa shape index (κ1) is 23.6. The van der Waals surface area contributed by atoms with Gasteiger partial charge in [0.25, 0.3) is 0 Å². The predicted octanol–water partition coefficient (Wildman–Crippen LogP) is 3.75. The van der Waals surface area contributed by atoms with E-state index in [0.717, 1.165) is 10.4 Å². The van der Waals surface area contributed by atoms with Gasteiger partial charge in [0.15, 0.2) is 0 Å². The van der Waals surface area contributed by atoms with E-state index in [0.29, 0.717) is 22.3 Å². The zero-order valence-electron chi connectivity index (χ0n) is 17.8. The molecule has 3 rings (SSSR count). The average molecular weight is 477 g/mol. The van der Waals surface area contributed by atoms with Crippen molar-refractivity contribution in [2.45, 2.75) is 24.8 Å². The second kappa shape index (κ2) is 10.5. The summed E-state index contributed by atoms with van der Waals surface area (Å²) in [6, 6.07) is 6.43. The maximum absolute atomic E-state index is 12.7. The van der Waals surface area contributed by atoms with Gasteiger partial charge in [0.2, 0.25) is 5.95 Å². The van der Waals surface area contributed by atoms with Crippen LogP contribution >= 0.6 is 11.3 Å². The van der Waals surface area contributed by atoms with Crippen LogP contribution in [0.1, 0.15) is 13.8 Å². The van der Waals surface area contributed by atoms with Crippen LogP contribution < -0.4 is 10.6 Å². The number of nitrogens with one attached hydrogen (secondary N) is 2. The summed E-state index contributed by atoms with van der Waals surface area (Å²) in [5.41, 5.74) is 3.16. The van der Waals surface area contributed by atoms with Gasteiger partial charge in [-0.1, -0.05) is 0 Å². The highest BCUT2D eigenvalue weighted by Crippen LogP contribution is 2.30. The van der Waals surface area contributed by atoms with E-state index in [-0.39, 0.29) is 19.3 Å². The van der Waals surface area contributed by atoms with Crippen LogP contribution in [0, 0.1) is 0 Å². The number of hydrogen-bond donors (Lipinski definition) is 3. The zero-order chi connectivity index (χ0) is 23.1. The van der Waals surface area contributed by atoms with Gasteiger partial charge < -0.3 is 20.5 Å². The lowest BCUT2D eigenvalue weighted by Gasteiger charge is -2.15. The molecular weight excluding hydrogens is 452 g/mol. The Morgan fingerprint density at radius 3 is 2.69 bits per heavy atom. The Balaban J connectivity index is 1.83. The first-order valence-electron chi connectivity index (χ1n) is 9.71. The summed E-state index contributed by atoms with van der Waals surface area (Å²) >= 11 is 1.46. The van der Waals surface area contributed by atoms with Crippen LogP contribution in [0.4, 0.5) is 22.2 Å². The van der Waals surface area contributed by atoms with E-state index >= 15 is 0 Å². The molecule has 0 aliphatic carbocycles. The second-order valence-electron chi connectivity index (χ2n) is 6.79. The van der Waals surface area contributed by atoms with E-state index in [1.807, 2.05) is 6.92 Å². The fourth-order valence-electron chi connectivity index (χ4n) is 2.62. The average Bonchev–Trinajstić information content (AvgIpc) is 3.28. The molecule has 0 saturated heterocycles. The second-order valence-corrected chi connectivity index (χ2v) is 9.94. The van der Waals surface area contributed by atoms with Gasteiger partial charge >= 0.3 is 6.09 Å². The summed E-state index contributed by atoms with van der Waals surface area (Å²) in [5.74, 6) is 0.904. The van der Waals surface area contributed by atoms with Gasteiger partial charge in [0.05, 0.1) is 38.9 Å². The highest BCUT2D eigenvalue weighted by atomic mass is 32.2. The SMILES string of the molecule is CCOC(=O)N=S(C)(=O)c1ccc(Nc2ncc(-c3cncs3)c(N[C@H](C)CO)n2)cc1. The molecule has 3 aromatic rings. The molecule has 0 fully saturated rings. The van der Waals surface area contributed by atoms with E-state index < -0.39 is 15.8 Å². The highest BCUT2D eigenvalue weighted by molar-refractivity contribution is 7.93. The van der Waals surface area contributed by atoms with Crippen molar-refractivity contribution in [1.82, 2.24) is 15.0 Å². The number of aliphatic hydroxyl groups excluding tert-OH is 1. The summed E-state index contributed by atoms with van der Waals surface area (Å²) in [6.07, 6.45) is 3.94. The molecule has 0 aliphatic heterocycles. The number of carbonyl (C=O) groups is 1. The molecule has 12 heteroatoms. The number of anilines is 3. The van der Waals surface area contributed by atoms with Crippen molar-refractivity contribution >= 4 is 44.6 Å². The molecule has 2 aromatic heterocycles. The Kier molecular flexibility index (Phi) is 7.72. The minimum Gasteiger partial charge on any atom is -0.448 e. The van der Waals surface area contributed by atoms with Crippen molar-refractivity contribution in [2.75, 3.05) is 30.1 Å². The number of thiazole rings is 1. The van der Waals surface area contributed by atoms with E-state index in [9.17, 15) is 14.1 Å². The summed E-state index contributed by atoms with van der Waals surface area (Å²) in [5, 5.41) is 15.7. The van der Waals surface area contributed by atoms with Gasteiger partial charge in [-0.3, -0.25) is 4.98 Å². The summed E-state index contributed by atoms with van der Waals surface area (Å²) in [6.45, 7) is 3.61. The zero-order valence-corrected chi connectivity index (χ0v) is 19.4. The molecule has 0 bridgehead atoms. The third-order valence-electron chi connectivity index (χ3n) is 4.21. The molecule has 0 spiro atoms. The number of benzene rings is 1. The lowest BCUT2D eigenvalue weighted by Crippen LogP contribution is -2.21. The minimum absolute atomic E-state index is 0.0521. The normalized spacial score (nSPS) is 13.6. The monoisotopic (exact) mass is 476 g/mol. The lowest BCUT2D eigenvalue weighted by molar-refractivity contribution is 0.164. The Hall–Kier alpha value is -3.09. The van der Waals surface area contributed by atoms with Gasteiger partial charge in [-0.25, -0.2) is 14.0 Å². The number of nitrogens with zero attached hydrogens (tertiary/aromatic N) is 4. The number of carbonyl (C=O) groups excluding carboxylic acids is 1. The molecule has 32 heavy (non-hydrogen) atoms. The number of hydrogen-bond acceptors (Lipinski definition) is 10. The Morgan fingerprint density at radius 2 is 2.06 bits per heavy atom. The third-order valence-corrected chi connectivity index (χ3v) is 6.66. The van der Waals surface area contributed by atoms with Gasteiger partial charge in [-0.15, -0.1) is 15.7 Å². The van der Waals surface area contributed by atoms with Crippen LogP contribution in [0.15, 0.2) is 51.4 Å². The van der Waals surface area contributed by atoms with Gasteiger partial charge in [-0.2, -0.15) is 4.98 Å². The summed E-state index contributed by atoms with van der Waals surface area (Å²) < 4.78 is 21.1. The molecule has 10 nitrogen and oxygen atoms in total. The van der Waals surface area contributed by atoms with E-state index in [1.165, 1.54) is 17.6 Å². The topological polar surface area (TPSA) is 139 Å². The number of ether oxygens (including phenoxy) is 1. The first-order chi connectivity index (χ1) is 15.3. The fraction of sp³-hybridized carbons (Fsp3) is 0.300. The Bertz CT molecular complexity index is 1180. The van der Waals surface area contributed by atoms with Crippen molar-refractivity contribution in [3.63, 3.8) is 0 Å². The summed E-state index contributed by atoms with van der Waals surface area (Å²) in [7, 11) is -2.92. The predicted molar refractivity (Wildman–Crippen MR) is 125 cm³/mol. The third kappa shape index (κ3) is 5.99. The van der Waals surface area contributed by atoms with E-state index in [2.05, 4.69) is 29.9 Å². The van der Waals surface area contributed by atoms with E-state index in [1.54, 1.807) is 49.1 Å². The van der Waals surface area contributed by atoms with Crippen molar-refractivity contribution in [2.24, 2.45) is 4.36 Å². The Labute approximate surface area is 190 Å². The minimum atomic E-state index is -2.92. The maximum Gasteiger partial charge on any atom is 0.442 e. The van der Waals surface area contributed by atoms with Crippen LogP contribution in [0.2, 0.25) is 0 Å². The number of aromatic nitrogens is 3. The fourth-order valence-corrected chi connectivity index (χ4v) is 4.34. The summed E-state index contributed by atoms with van der Waals surface area (Å²) in [4.78, 5) is 25.9. The number of amides is 1. The molecule has 0 radical (unpaired) electrons. The molecule has 0 saturated carbocycles. The van der Waals surface area contributed by atoms with Crippen molar-refractivity contribution < 1.29 is 18.8 Å². The van der Waals surface area contributed by atoms with E-state index in [4.69, 9.17) is 4.74 Å². The highest BCUT2D eigenvalue weighted by Gasteiger charge is 2.14. The van der Waals surface area contributed by atoms with Crippen LogP contribution in [0.25, 0.3) is 10.4 Å². The quantitative estimate of drug-likeness (QED) is 0.443. The molecule has 2 atom stereocenters. The van der Waals surface area contributed by atoms with Crippen LogP contribution in [-0.2, 0) is 14.5 Å². The molecule has 170 valence electrons. The molecular formula is C20H24N6O4S2. The molecule has 0 aliphatic rings. The van der Waals surface area contributed by atoms with Crippen molar-refractivity contribution in [1.29, 1.82) is 0 Å². The van der Waals surface area contributed by atoms with Crippen molar-refractivity contribution in [3.8, 4) is 10.4 Å². The molecule has 1 unspecified atom stereocenters. The van der Waals surface area contributed by atoms with Crippen LogP contribution in [0.3, 0.4) is 0 Å². The molecule has 1 amide bonds. The standard InChI is InChI=1S/C20H24N6O4S2/c1-4-30-20(28)26-32(3,29)15-7-5-14(6-8-15)24-19-22-9-16(17-10-21-12-31-17)18(25-19)23-13(2)11-27/h5-10,12-13,27H,4,11H2,1-3H3,(H2,22,23,24,25)/t13-,32?/m1/s1. The smallest absolute Gasteiger partial charge is 0.442 e. The van der Waals surface area contributed by atoms with Gasteiger partial charge in [0, 0.05) is 35.3 Å². The van der Waals surface area contributed by atoms with Gasteiger partial charge in [-0.05, 0) is 38.1 Å². The van der Waals surface area contributed by atoms with Gasteiger partial charge in [0.1, 0.15) is 5.82 Å². The first-order valence-corrected chi connectivity index (χ1v) is 12.5.